The SMILES string of the molecule is O=C1CC2(CCC2)NN1. The van der Waals surface area contributed by atoms with Gasteiger partial charge in [0.05, 0.1) is 0 Å². The Labute approximate surface area is 53.8 Å². The summed E-state index contributed by atoms with van der Waals surface area (Å²) in [4.78, 5) is 10.7. The topological polar surface area (TPSA) is 41.1 Å². The van der Waals surface area contributed by atoms with E-state index in [1.54, 1.807) is 0 Å². The molecular formula is C6H10N2O. The summed E-state index contributed by atoms with van der Waals surface area (Å²) in [5, 5.41) is 0. The Hall–Kier alpha value is -0.570. The van der Waals surface area contributed by atoms with Crippen molar-refractivity contribution in [2.24, 2.45) is 0 Å². The van der Waals surface area contributed by atoms with Crippen molar-refractivity contribution in [3.8, 4) is 0 Å². The van der Waals surface area contributed by atoms with Crippen LogP contribution in [0.4, 0.5) is 0 Å². The second-order valence-electron chi connectivity index (χ2n) is 2.98. The highest BCUT2D eigenvalue weighted by Gasteiger charge is 2.42. The summed E-state index contributed by atoms with van der Waals surface area (Å²) in [7, 11) is 0. The van der Waals surface area contributed by atoms with Gasteiger partial charge in [-0.25, -0.2) is 5.43 Å². The van der Waals surface area contributed by atoms with Crippen molar-refractivity contribution in [2.75, 3.05) is 0 Å². The van der Waals surface area contributed by atoms with Crippen molar-refractivity contribution < 1.29 is 4.79 Å². The van der Waals surface area contributed by atoms with E-state index >= 15 is 0 Å². The fourth-order valence-electron chi connectivity index (χ4n) is 1.50. The van der Waals surface area contributed by atoms with E-state index in [4.69, 9.17) is 0 Å². The van der Waals surface area contributed by atoms with E-state index in [9.17, 15) is 4.79 Å². The van der Waals surface area contributed by atoms with Crippen LogP contribution in [0.3, 0.4) is 0 Å². The number of rotatable bonds is 0. The second kappa shape index (κ2) is 1.48. The Morgan fingerprint density at radius 2 is 2.22 bits per heavy atom. The number of carbonyl (C=O) groups excluding carboxylic acids is 1. The molecule has 2 rings (SSSR count). The van der Waals surface area contributed by atoms with Crippen LogP contribution >= 0.6 is 0 Å². The zero-order valence-corrected chi connectivity index (χ0v) is 5.24. The predicted octanol–water partition coefficient (Wildman–Crippen LogP) is -0.0664. The number of hydrogen-bond acceptors (Lipinski definition) is 2. The average Bonchev–Trinajstić information content (AvgIpc) is 2.09. The maximum absolute atomic E-state index is 10.7. The van der Waals surface area contributed by atoms with Crippen molar-refractivity contribution in [2.45, 2.75) is 31.2 Å². The first kappa shape index (κ1) is 5.23. The monoisotopic (exact) mass is 126 g/mol. The van der Waals surface area contributed by atoms with Gasteiger partial charge in [0.2, 0.25) is 5.91 Å². The minimum atomic E-state index is 0.148. The summed E-state index contributed by atoms with van der Waals surface area (Å²) in [6.45, 7) is 0. The quantitative estimate of drug-likeness (QED) is 0.477. The fourth-order valence-corrected chi connectivity index (χ4v) is 1.50. The summed E-state index contributed by atoms with van der Waals surface area (Å²) in [6, 6.07) is 0. The summed E-state index contributed by atoms with van der Waals surface area (Å²) < 4.78 is 0. The molecule has 3 nitrogen and oxygen atoms in total. The molecule has 1 aliphatic carbocycles. The van der Waals surface area contributed by atoms with Gasteiger partial charge < -0.3 is 0 Å². The summed E-state index contributed by atoms with van der Waals surface area (Å²) in [5.74, 6) is 0.148. The lowest BCUT2D eigenvalue weighted by Crippen LogP contribution is -2.49. The van der Waals surface area contributed by atoms with Gasteiger partial charge in [0.15, 0.2) is 0 Å². The van der Waals surface area contributed by atoms with Gasteiger partial charge in [0, 0.05) is 12.0 Å². The standard InChI is InChI=1S/C6H10N2O/c9-5-4-6(8-7-5)2-1-3-6/h8H,1-4H2,(H,7,9). The summed E-state index contributed by atoms with van der Waals surface area (Å²) in [6.07, 6.45) is 4.27. The normalized spacial score (nSPS) is 30.0. The molecular weight excluding hydrogens is 116 g/mol. The van der Waals surface area contributed by atoms with Crippen molar-refractivity contribution in [1.29, 1.82) is 0 Å². The van der Waals surface area contributed by atoms with Gasteiger partial charge in [-0.15, -0.1) is 0 Å². The van der Waals surface area contributed by atoms with E-state index in [-0.39, 0.29) is 11.4 Å². The van der Waals surface area contributed by atoms with Crippen molar-refractivity contribution in [3.63, 3.8) is 0 Å². The second-order valence-corrected chi connectivity index (χ2v) is 2.98. The molecule has 2 fully saturated rings. The van der Waals surface area contributed by atoms with E-state index < -0.39 is 0 Å². The van der Waals surface area contributed by atoms with Gasteiger partial charge in [-0.05, 0) is 19.3 Å². The van der Waals surface area contributed by atoms with Crippen molar-refractivity contribution in [3.05, 3.63) is 0 Å². The molecule has 50 valence electrons. The number of amides is 1. The lowest BCUT2D eigenvalue weighted by molar-refractivity contribution is -0.119. The Morgan fingerprint density at radius 3 is 2.44 bits per heavy atom. The minimum Gasteiger partial charge on any atom is -0.291 e. The average molecular weight is 126 g/mol. The Kier molecular flexibility index (Phi) is 0.858. The molecule has 1 aliphatic heterocycles. The molecule has 1 heterocycles. The number of carbonyl (C=O) groups is 1. The molecule has 0 radical (unpaired) electrons. The van der Waals surface area contributed by atoms with E-state index in [0.717, 1.165) is 12.8 Å². The number of hydrogen-bond donors (Lipinski definition) is 2. The molecule has 0 aromatic rings. The molecule has 2 N–H and O–H groups in total. The third-order valence-electron chi connectivity index (χ3n) is 2.28. The van der Waals surface area contributed by atoms with Crippen molar-refractivity contribution >= 4 is 5.91 Å². The van der Waals surface area contributed by atoms with Crippen LogP contribution < -0.4 is 10.9 Å². The van der Waals surface area contributed by atoms with Crippen LogP contribution in [0.15, 0.2) is 0 Å². The lowest BCUT2D eigenvalue weighted by Gasteiger charge is -2.36. The van der Waals surface area contributed by atoms with Gasteiger partial charge in [-0.1, -0.05) is 0 Å². The van der Waals surface area contributed by atoms with Gasteiger partial charge in [-0.2, -0.15) is 0 Å². The van der Waals surface area contributed by atoms with E-state index in [1.165, 1.54) is 6.42 Å². The Morgan fingerprint density at radius 1 is 1.44 bits per heavy atom. The molecule has 0 bridgehead atoms. The highest BCUT2D eigenvalue weighted by Crippen LogP contribution is 2.36. The van der Waals surface area contributed by atoms with Crippen LogP contribution in [-0.4, -0.2) is 11.4 Å². The van der Waals surface area contributed by atoms with E-state index in [0.29, 0.717) is 6.42 Å². The van der Waals surface area contributed by atoms with Gasteiger partial charge in [-0.3, -0.25) is 10.2 Å². The third-order valence-corrected chi connectivity index (χ3v) is 2.28. The van der Waals surface area contributed by atoms with Crippen molar-refractivity contribution in [1.82, 2.24) is 10.9 Å². The third kappa shape index (κ3) is 0.645. The summed E-state index contributed by atoms with van der Waals surface area (Å²) >= 11 is 0. The Balaban J connectivity index is 2.07. The molecule has 9 heavy (non-hydrogen) atoms. The molecule has 1 spiro atoms. The number of hydrazine groups is 1. The van der Waals surface area contributed by atoms with Crippen LogP contribution in [0.25, 0.3) is 0 Å². The van der Waals surface area contributed by atoms with E-state index in [1.807, 2.05) is 0 Å². The van der Waals surface area contributed by atoms with Crippen LogP contribution in [-0.2, 0) is 4.79 Å². The summed E-state index contributed by atoms with van der Waals surface area (Å²) in [5.41, 5.74) is 5.82. The van der Waals surface area contributed by atoms with Crippen LogP contribution in [0.1, 0.15) is 25.7 Å². The lowest BCUT2D eigenvalue weighted by atomic mass is 9.76. The van der Waals surface area contributed by atoms with Crippen LogP contribution in [0.2, 0.25) is 0 Å². The smallest absolute Gasteiger partial charge is 0.236 e. The maximum atomic E-state index is 10.7. The van der Waals surface area contributed by atoms with Gasteiger partial charge in [0.1, 0.15) is 0 Å². The zero-order valence-electron chi connectivity index (χ0n) is 5.24. The molecule has 0 aromatic heterocycles. The first-order chi connectivity index (χ1) is 4.31. The molecule has 0 aromatic carbocycles. The molecule has 1 saturated carbocycles. The van der Waals surface area contributed by atoms with Crippen LogP contribution in [0, 0.1) is 0 Å². The molecule has 1 amide bonds. The molecule has 3 heteroatoms. The number of nitrogens with one attached hydrogen (secondary N) is 2. The molecule has 0 atom stereocenters. The molecule has 1 saturated heterocycles. The minimum absolute atomic E-state index is 0.148. The molecule has 2 aliphatic rings. The highest BCUT2D eigenvalue weighted by atomic mass is 16.2. The fraction of sp³-hybridized carbons (Fsp3) is 0.833. The van der Waals surface area contributed by atoms with Crippen LogP contribution in [0.5, 0.6) is 0 Å². The first-order valence-corrected chi connectivity index (χ1v) is 3.37. The Bertz CT molecular complexity index is 151. The molecule has 0 unspecified atom stereocenters. The van der Waals surface area contributed by atoms with E-state index in [2.05, 4.69) is 10.9 Å². The predicted molar refractivity (Wildman–Crippen MR) is 32.5 cm³/mol. The highest BCUT2D eigenvalue weighted by molar-refractivity contribution is 5.79. The first-order valence-electron chi connectivity index (χ1n) is 3.37. The van der Waals surface area contributed by atoms with Gasteiger partial charge >= 0.3 is 0 Å². The largest absolute Gasteiger partial charge is 0.291 e. The van der Waals surface area contributed by atoms with Gasteiger partial charge in [0.25, 0.3) is 0 Å². The maximum Gasteiger partial charge on any atom is 0.236 e. The zero-order chi connectivity index (χ0) is 6.32.